The van der Waals surface area contributed by atoms with Gasteiger partial charge in [-0.3, -0.25) is 9.78 Å². The van der Waals surface area contributed by atoms with E-state index in [9.17, 15) is 9.90 Å². The van der Waals surface area contributed by atoms with Crippen LogP contribution in [-0.2, 0) is 10.3 Å². The number of allylic oxidation sites excluding steroid dienone is 1. The Morgan fingerprint density at radius 3 is 2.66 bits per heavy atom. The van der Waals surface area contributed by atoms with Gasteiger partial charge in [-0.15, -0.1) is 0 Å². The molecule has 9 nitrogen and oxygen atoms in total. The van der Waals surface area contributed by atoms with E-state index in [-0.39, 0.29) is 11.5 Å². The standard InChI is InChI=1S/C26H30N6O3/c1-26(2,34)21-7-5-18(14-29-21)20-12-17(10-16-4-6-19(11-16)35-3)13-22(31-20)32-23(33)15-30-24-25(32)28-9-8-27-24/h5,7-9,12,14-17,19,34H,4,6,10-11,13H2,1-3H3/t16-,17?,19-/m1/s1. The summed E-state index contributed by atoms with van der Waals surface area (Å²) in [6, 6.07) is 3.73. The fourth-order valence-electron chi connectivity index (χ4n) is 5.08. The number of hydrogen-bond acceptors (Lipinski definition) is 8. The molecule has 0 aromatic carbocycles. The summed E-state index contributed by atoms with van der Waals surface area (Å²) in [7, 11) is 1.78. The van der Waals surface area contributed by atoms with Crippen LogP contribution in [0.2, 0.25) is 0 Å². The predicted octanol–water partition coefficient (Wildman–Crippen LogP) is 3.32. The maximum atomic E-state index is 12.9. The van der Waals surface area contributed by atoms with Crippen molar-refractivity contribution >= 4 is 22.8 Å². The zero-order valence-corrected chi connectivity index (χ0v) is 20.3. The van der Waals surface area contributed by atoms with Crippen LogP contribution in [0.3, 0.4) is 0 Å². The molecule has 1 aliphatic heterocycles. The fourth-order valence-corrected chi connectivity index (χ4v) is 5.08. The second-order valence-electron chi connectivity index (χ2n) is 9.94. The molecule has 1 unspecified atom stereocenters. The number of methoxy groups -OCH3 is 1. The molecule has 0 bridgehead atoms. The van der Waals surface area contributed by atoms with E-state index in [2.05, 4.69) is 26.0 Å². The molecule has 0 spiro atoms. The van der Waals surface area contributed by atoms with Crippen molar-refractivity contribution in [1.82, 2.24) is 24.5 Å². The normalized spacial score (nSPS) is 22.8. The topological polar surface area (TPSA) is 115 Å². The summed E-state index contributed by atoms with van der Waals surface area (Å²) in [5.74, 6) is 1.38. The number of hydrogen-bond donors (Lipinski definition) is 1. The van der Waals surface area contributed by atoms with Crippen molar-refractivity contribution in [2.75, 3.05) is 7.11 Å². The van der Waals surface area contributed by atoms with Crippen LogP contribution in [0.4, 0.5) is 0 Å². The summed E-state index contributed by atoms with van der Waals surface area (Å²) in [5, 5.41) is 10.3. The predicted molar refractivity (Wildman–Crippen MR) is 133 cm³/mol. The molecule has 4 heterocycles. The van der Waals surface area contributed by atoms with E-state index in [1.807, 2.05) is 12.1 Å². The lowest BCUT2D eigenvalue weighted by Crippen LogP contribution is -2.31. The summed E-state index contributed by atoms with van der Waals surface area (Å²) in [6.45, 7) is 3.41. The third-order valence-electron chi connectivity index (χ3n) is 6.88. The molecule has 1 aliphatic carbocycles. The Bertz CT molecular complexity index is 1340. The minimum Gasteiger partial charge on any atom is -0.384 e. The van der Waals surface area contributed by atoms with E-state index in [1.165, 1.54) is 10.8 Å². The molecule has 0 amide bonds. The molecule has 3 atom stereocenters. The van der Waals surface area contributed by atoms with Crippen LogP contribution in [-0.4, -0.2) is 48.7 Å². The van der Waals surface area contributed by atoms with Gasteiger partial charge in [0.2, 0.25) is 0 Å². The van der Waals surface area contributed by atoms with Crippen molar-refractivity contribution < 1.29 is 9.84 Å². The van der Waals surface area contributed by atoms with Crippen LogP contribution in [0, 0.1) is 11.8 Å². The number of ether oxygens (including phenoxy) is 1. The van der Waals surface area contributed by atoms with E-state index in [4.69, 9.17) is 9.73 Å². The minimum atomic E-state index is -1.03. The SMILES string of the molecule is CO[C@@H]1CC[C@H](CC2C=C(c3ccc(C(C)(C)O)nc3)N=C(n3c(=O)cnc4nccnc43)C2)C1. The summed E-state index contributed by atoms with van der Waals surface area (Å²) in [5.41, 5.74) is 1.66. The second-order valence-corrected chi connectivity index (χ2v) is 9.94. The van der Waals surface area contributed by atoms with E-state index >= 15 is 0 Å². The highest BCUT2D eigenvalue weighted by Gasteiger charge is 2.29. The maximum absolute atomic E-state index is 12.9. The van der Waals surface area contributed by atoms with Gasteiger partial charge < -0.3 is 9.84 Å². The molecule has 0 radical (unpaired) electrons. The van der Waals surface area contributed by atoms with Crippen molar-refractivity contribution in [3.63, 3.8) is 0 Å². The lowest BCUT2D eigenvalue weighted by molar-refractivity contribution is 0.0738. The first-order chi connectivity index (χ1) is 16.8. The first-order valence-corrected chi connectivity index (χ1v) is 12.0. The molecule has 9 heteroatoms. The summed E-state index contributed by atoms with van der Waals surface area (Å²) in [4.78, 5) is 35.1. The molecule has 1 N–H and O–H groups in total. The number of aliphatic imine (C=N–C) groups is 1. The highest BCUT2D eigenvalue weighted by molar-refractivity contribution is 5.95. The van der Waals surface area contributed by atoms with E-state index < -0.39 is 5.60 Å². The molecular weight excluding hydrogens is 444 g/mol. The Labute approximate surface area is 203 Å². The molecule has 0 saturated heterocycles. The van der Waals surface area contributed by atoms with Gasteiger partial charge in [0, 0.05) is 37.7 Å². The van der Waals surface area contributed by atoms with Crippen LogP contribution >= 0.6 is 0 Å². The average molecular weight is 475 g/mol. The second kappa shape index (κ2) is 9.39. The van der Waals surface area contributed by atoms with E-state index in [0.717, 1.165) is 36.9 Å². The number of aromatic nitrogens is 5. The van der Waals surface area contributed by atoms with Crippen molar-refractivity contribution in [1.29, 1.82) is 0 Å². The number of fused-ring (bicyclic) bond motifs is 1. The number of aliphatic hydroxyl groups is 1. The smallest absolute Gasteiger partial charge is 0.276 e. The van der Waals surface area contributed by atoms with Gasteiger partial charge >= 0.3 is 0 Å². The minimum absolute atomic E-state index is 0.193. The first-order valence-electron chi connectivity index (χ1n) is 12.0. The van der Waals surface area contributed by atoms with Crippen LogP contribution in [0.25, 0.3) is 17.0 Å². The zero-order chi connectivity index (χ0) is 24.6. The Kier molecular flexibility index (Phi) is 6.29. The van der Waals surface area contributed by atoms with Gasteiger partial charge in [-0.1, -0.05) is 6.08 Å². The fraction of sp³-hybridized carbons (Fsp3) is 0.462. The van der Waals surface area contributed by atoms with Gasteiger partial charge in [0.15, 0.2) is 11.3 Å². The Morgan fingerprint density at radius 1 is 1.11 bits per heavy atom. The quantitative estimate of drug-likeness (QED) is 0.603. The van der Waals surface area contributed by atoms with Crippen LogP contribution in [0.5, 0.6) is 0 Å². The number of nitrogens with zero attached hydrogens (tertiary/aromatic N) is 6. The highest BCUT2D eigenvalue weighted by Crippen LogP contribution is 2.36. The average Bonchev–Trinajstić information content (AvgIpc) is 3.31. The van der Waals surface area contributed by atoms with Gasteiger partial charge in [-0.05, 0) is 63.5 Å². The number of rotatable bonds is 5. The molecule has 182 valence electrons. The largest absolute Gasteiger partial charge is 0.384 e. The Balaban J connectivity index is 1.55. The van der Waals surface area contributed by atoms with E-state index in [0.29, 0.717) is 41.3 Å². The Morgan fingerprint density at radius 2 is 1.94 bits per heavy atom. The maximum Gasteiger partial charge on any atom is 0.276 e. The molecule has 1 saturated carbocycles. The molecular formula is C26H30N6O3. The molecule has 5 rings (SSSR count). The van der Waals surface area contributed by atoms with Gasteiger partial charge in [0.05, 0.1) is 23.7 Å². The third-order valence-corrected chi connectivity index (χ3v) is 6.88. The lowest BCUT2D eigenvalue weighted by atomic mass is 9.87. The molecule has 3 aromatic heterocycles. The molecule has 3 aromatic rings. The van der Waals surface area contributed by atoms with Crippen molar-refractivity contribution in [2.45, 2.75) is 57.7 Å². The van der Waals surface area contributed by atoms with Crippen molar-refractivity contribution in [2.24, 2.45) is 16.8 Å². The summed E-state index contributed by atoms with van der Waals surface area (Å²) < 4.78 is 7.11. The Hall–Kier alpha value is -3.30. The zero-order valence-electron chi connectivity index (χ0n) is 20.3. The summed E-state index contributed by atoms with van der Waals surface area (Å²) >= 11 is 0. The monoisotopic (exact) mass is 474 g/mol. The van der Waals surface area contributed by atoms with Crippen molar-refractivity contribution in [3.05, 3.63) is 64.6 Å². The molecule has 1 fully saturated rings. The van der Waals surface area contributed by atoms with Gasteiger partial charge in [0.25, 0.3) is 5.56 Å². The van der Waals surface area contributed by atoms with E-state index in [1.54, 1.807) is 39.5 Å². The lowest BCUT2D eigenvalue weighted by Gasteiger charge is -2.25. The molecule has 35 heavy (non-hydrogen) atoms. The first kappa shape index (κ1) is 23.4. The summed E-state index contributed by atoms with van der Waals surface area (Å²) in [6.07, 6.45) is 13.5. The third kappa shape index (κ3) is 4.92. The molecule has 2 aliphatic rings. The van der Waals surface area contributed by atoms with Gasteiger partial charge in [0.1, 0.15) is 11.4 Å². The van der Waals surface area contributed by atoms with Crippen LogP contribution in [0.15, 0.2) is 52.8 Å². The number of pyridine rings is 1. The van der Waals surface area contributed by atoms with Gasteiger partial charge in [-0.2, -0.15) is 0 Å². The highest BCUT2D eigenvalue weighted by atomic mass is 16.5. The van der Waals surface area contributed by atoms with Crippen LogP contribution in [0.1, 0.15) is 57.2 Å². The van der Waals surface area contributed by atoms with Gasteiger partial charge in [-0.25, -0.2) is 24.5 Å². The van der Waals surface area contributed by atoms with Crippen LogP contribution < -0.4 is 5.56 Å². The van der Waals surface area contributed by atoms with Crippen molar-refractivity contribution in [3.8, 4) is 0 Å².